The highest BCUT2D eigenvalue weighted by Crippen LogP contribution is 2.25. The van der Waals surface area contributed by atoms with E-state index in [-0.39, 0.29) is 17.3 Å². The summed E-state index contributed by atoms with van der Waals surface area (Å²) in [5.74, 6) is -1.66. The summed E-state index contributed by atoms with van der Waals surface area (Å²) in [6, 6.07) is 4.06. The summed E-state index contributed by atoms with van der Waals surface area (Å²) < 4.78 is 49.5. The largest absolute Gasteiger partial charge is 0.310 e. The maximum Gasteiger partial charge on any atom is 0.159 e. The van der Waals surface area contributed by atoms with Crippen LogP contribution in [0.1, 0.15) is 38.2 Å². The molecule has 1 aliphatic rings. The Morgan fingerprint density at radius 3 is 2.64 bits per heavy atom. The molecule has 0 aliphatic heterocycles. The molecule has 0 spiro atoms. The van der Waals surface area contributed by atoms with Gasteiger partial charge in [0.2, 0.25) is 0 Å². The Kier molecular flexibility index (Phi) is 5.55. The predicted molar refractivity (Wildman–Crippen MR) is 83.5 cm³/mol. The van der Waals surface area contributed by atoms with Crippen LogP contribution in [0.4, 0.5) is 8.78 Å². The fraction of sp³-hybridized carbons (Fsp3) is 0.625. The molecule has 0 heterocycles. The predicted octanol–water partition coefficient (Wildman–Crippen LogP) is 2.84. The van der Waals surface area contributed by atoms with Crippen LogP contribution in [0.25, 0.3) is 0 Å². The summed E-state index contributed by atoms with van der Waals surface area (Å²) in [6.45, 7) is 2.00. The Hall–Kier alpha value is -1.01. The van der Waals surface area contributed by atoms with Gasteiger partial charge in [0.05, 0.1) is 5.25 Å². The van der Waals surface area contributed by atoms with Crippen molar-refractivity contribution in [3.05, 3.63) is 35.4 Å². The van der Waals surface area contributed by atoms with Crippen LogP contribution in [0.15, 0.2) is 18.2 Å². The highest BCUT2D eigenvalue weighted by atomic mass is 32.2. The van der Waals surface area contributed by atoms with Gasteiger partial charge in [-0.3, -0.25) is 0 Å². The highest BCUT2D eigenvalue weighted by Gasteiger charge is 2.35. The molecular weight excluding hydrogens is 308 g/mol. The van der Waals surface area contributed by atoms with E-state index in [4.69, 9.17) is 0 Å². The first-order valence-electron chi connectivity index (χ1n) is 7.66. The van der Waals surface area contributed by atoms with Crippen molar-refractivity contribution in [1.82, 2.24) is 5.32 Å². The Morgan fingerprint density at radius 1 is 1.27 bits per heavy atom. The number of sulfone groups is 1. The lowest BCUT2D eigenvalue weighted by Crippen LogP contribution is -2.44. The molecule has 0 amide bonds. The van der Waals surface area contributed by atoms with Gasteiger partial charge in [0.25, 0.3) is 0 Å². The van der Waals surface area contributed by atoms with E-state index in [1.54, 1.807) is 6.07 Å². The minimum atomic E-state index is -3.03. The minimum absolute atomic E-state index is 0.00467. The van der Waals surface area contributed by atoms with Crippen LogP contribution in [-0.4, -0.2) is 32.0 Å². The van der Waals surface area contributed by atoms with Crippen LogP contribution in [0.3, 0.4) is 0 Å². The van der Waals surface area contributed by atoms with Crippen LogP contribution in [0.5, 0.6) is 0 Å². The van der Waals surface area contributed by atoms with Crippen LogP contribution in [-0.2, 0) is 16.3 Å². The summed E-state index contributed by atoms with van der Waals surface area (Å²) in [7, 11) is -3.03. The van der Waals surface area contributed by atoms with Crippen molar-refractivity contribution in [2.45, 2.75) is 56.4 Å². The maximum atomic E-state index is 13.2. The number of halogens is 2. The Balaban J connectivity index is 1.87. The molecule has 1 aliphatic carbocycles. The minimum Gasteiger partial charge on any atom is -0.310 e. The molecule has 0 bridgehead atoms. The van der Waals surface area contributed by atoms with E-state index in [0.29, 0.717) is 12.8 Å². The molecule has 1 fully saturated rings. The Labute approximate surface area is 131 Å². The molecule has 0 saturated heterocycles. The molecule has 124 valence electrons. The molecule has 2 rings (SSSR count). The monoisotopic (exact) mass is 331 g/mol. The Morgan fingerprint density at radius 2 is 2.00 bits per heavy atom. The van der Waals surface area contributed by atoms with Crippen LogP contribution in [0.2, 0.25) is 0 Å². The van der Waals surface area contributed by atoms with Gasteiger partial charge >= 0.3 is 0 Å². The van der Waals surface area contributed by atoms with E-state index in [1.165, 1.54) is 12.3 Å². The smallest absolute Gasteiger partial charge is 0.159 e. The van der Waals surface area contributed by atoms with Crippen molar-refractivity contribution in [3.63, 3.8) is 0 Å². The maximum absolute atomic E-state index is 13.2. The number of rotatable bonds is 6. The van der Waals surface area contributed by atoms with Crippen molar-refractivity contribution >= 4 is 9.84 Å². The molecule has 1 N–H and O–H groups in total. The molecule has 6 heteroatoms. The van der Waals surface area contributed by atoms with Gasteiger partial charge in [0.15, 0.2) is 21.5 Å². The van der Waals surface area contributed by atoms with Crippen molar-refractivity contribution < 1.29 is 17.2 Å². The third-order valence-corrected chi connectivity index (χ3v) is 6.02. The van der Waals surface area contributed by atoms with Crippen molar-refractivity contribution in [2.24, 2.45) is 0 Å². The third-order valence-electron chi connectivity index (χ3n) is 4.35. The van der Waals surface area contributed by atoms with Gasteiger partial charge in [-0.15, -0.1) is 0 Å². The summed E-state index contributed by atoms with van der Waals surface area (Å²) in [4.78, 5) is 0. The molecule has 0 radical (unpaired) electrons. The SMILES string of the molecule is C[C@H](CCc1ccc(F)c(F)c1)N[C@@H]1CCC[C@H]1S(C)(=O)=O. The van der Waals surface area contributed by atoms with Crippen LogP contribution in [0, 0.1) is 11.6 Å². The van der Waals surface area contributed by atoms with Gasteiger partial charge < -0.3 is 5.32 Å². The van der Waals surface area contributed by atoms with E-state index in [0.717, 1.165) is 30.9 Å². The third kappa shape index (κ3) is 4.49. The number of nitrogens with one attached hydrogen (secondary N) is 1. The first-order valence-corrected chi connectivity index (χ1v) is 9.61. The quantitative estimate of drug-likeness (QED) is 0.872. The average molecular weight is 331 g/mol. The fourth-order valence-electron chi connectivity index (χ4n) is 3.16. The van der Waals surface area contributed by atoms with Gasteiger partial charge in [0.1, 0.15) is 0 Å². The number of hydrogen-bond acceptors (Lipinski definition) is 3. The van der Waals surface area contributed by atoms with Crippen molar-refractivity contribution in [3.8, 4) is 0 Å². The molecule has 0 unspecified atom stereocenters. The standard InChI is InChI=1S/C16H23F2NO2S/c1-11(6-7-12-8-9-13(17)14(18)10-12)19-15-4-3-5-16(15)22(2,20)21/h8-11,15-16,19H,3-7H2,1-2H3/t11-,15-,16-/m1/s1. The second-order valence-electron chi connectivity index (χ2n) is 6.26. The highest BCUT2D eigenvalue weighted by molar-refractivity contribution is 7.91. The molecule has 3 nitrogen and oxygen atoms in total. The lowest BCUT2D eigenvalue weighted by molar-refractivity contribution is 0.428. The number of benzene rings is 1. The molecule has 1 aromatic carbocycles. The van der Waals surface area contributed by atoms with E-state index in [9.17, 15) is 17.2 Å². The molecule has 22 heavy (non-hydrogen) atoms. The zero-order chi connectivity index (χ0) is 16.3. The zero-order valence-corrected chi connectivity index (χ0v) is 13.8. The van der Waals surface area contributed by atoms with Gasteiger partial charge in [-0.2, -0.15) is 0 Å². The van der Waals surface area contributed by atoms with Gasteiger partial charge in [-0.25, -0.2) is 17.2 Å². The number of hydrogen-bond donors (Lipinski definition) is 1. The topological polar surface area (TPSA) is 46.2 Å². The molecule has 1 aromatic rings. The second kappa shape index (κ2) is 7.04. The zero-order valence-electron chi connectivity index (χ0n) is 13.0. The second-order valence-corrected chi connectivity index (χ2v) is 8.52. The fourth-order valence-corrected chi connectivity index (χ4v) is 4.56. The van der Waals surface area contributed by atoms with Crippen molar-refractivity contribution in [1.29, 1.82) is 0 Å². The molecule has 3 atom stereocenters. The number of aryl methyl sites for hydroxylation is 1. The molecule has 1 saturated carbocycles. The summed E-state index contributed by atoms with van der Waals surface area (Å²) in [5, 5.41) is 3.08. The van der Waals surface area contributed by atoms with E-state index in [2.05, 4.69) is 5.32 Å². The first-order chi connectivity index (χ1) is 10.3. The van der Waals surface area contributed by atoms with Crippen LogP contribution >= 0.6 is 0 Å². The molecule has 0 aromatic heterocycles. The van der Waals surface area contributed by atoms with E-state index in [1.807, 2.05) is 6.92 Å². The van der Waals surface area contributed by atoms with Gasteiger partial charge in [0, 0.05) is 18.3 Å². The van der Waals surface area contributed by atoms with Gasteiger partial charge in [-0.05, 0) is 50.3 Å². The Bertz CT molecular complexity index is 619. The molecular formula is C16H23F2NO2S. The first kappa shape index (κ1) is 17.3. The van der Waals surface area contributed by atoms with Gasteiger partial charge in [-0.1, -0.05) is 12.5 Å². The lowest BCUT2D eigenvalue weighted by atomic mass is 10.0. The van der Waals surface area contributed by atoms with E-state index < -0.39 is 21.5 Å². The lowest BCUT2D eigenvalue weighted by Gasteiger charge is -2.24. The van der Waals surface area contributed by atoms with Crippen molar-refractivity contribution in [2.75, 3.05) is 6.26 Å². The summed E-state index contributed by atoms with van der Waals surface area (Å²) >= 11 is 0. The summed E-state index contributed by atoms with van der Waals surface area (Å²) in [6.07, 6.45) is 5.17. The van der Waals surface area contributed by atoms with E-state index >= 15 is 0 Å². The summed E-state index contributed by atoms with van der Waals surface area (Å²) in [5.41, 5.74) is 0.749. The average Bonchev–Trinajstić information content (AvgIpc) is 2.88. The van der Waals surface area contributed by atoms with Crippen LogP contribution < -0.4 is 5.32 Å². The normalized spacial score (nSPS) is 23.6.